The van der Waals surface area contributed by atoms with Gasteiger partial charge in [0.1, 0.15) is 11.5 Å². The van der Waals surface area contributed by atoms with Crippen LogP contribution in [0.15, 0.2) is 54.7 Å². The van der Waals surface area contributed by atoms with Crippen LogP contribution in [0.5, 0.6) is 0 Å². The summed E-state index contributed by atoms with van der Waals surface area (Å²) in [6.45, 7) is 5.02. The Bertz CT molecular complexity index is 947. The van der Waals surface area contributed by atoms with E-state index in [1.54, 1.807) is 6.20 Å². The molecule has 0 fully saturated rings. The summed E-state index contributed by atoms with van der Waals surface area (Å²) < 4.78 is 0. The average molecular weight is 390 g/mol. The quantitative estimate of drug-likeness (QED) is 0.647. The van der Waals surface area contributed by atoms with Gasteiger partial charge in [0, 0.05) is 44.1 Å². The van der Waals surface area contributed by atoms with Gasteiger partial charge >= 0.3 is 0 Å². The molecule has 0 spiro atoms. The Morgan fingerprint density at radius 1 is 1.10 bits per heavy atom. The number of benzene rings is 1. The number of hydrogen-bond acceptors (Lipinski definition) is 6. The largest absolute Gasteiger partial charge is 0.390 e. The van der Waals surface area contributed by atoms with Gasteiger partial charge < -0.3 is 10.4 Å². The lowest BCUT2D eigenvalue weighted by Gasteiger charge is -2.30. The molecule has 1 aromatic carbocycles. The molecular weight excluding hydrogens is 362 g/mol. The van der Waals surface area contributed by atoms with E-state index in [9.17, 15) is 5.11 Å². The third-order valence-electron chi connectivity index (χ3n) is 5.23. The van der Waals surface area contributed by atoms with Crippen molar-refractivity contribution < 1.29 is 5.11 Å². The highest BCUT2D eigenvalue weighted by atomic mass is 16.3. The van der Waals surface area contributed by atoms with Gasteiger partial charge in [0.2, 0.25) is 0 Å². The Kier molecular flexibility index (Phi) is 6.12. The summed E-state index contributed by atoms with van der Waals surface area (Å²) in [4.78, 5) is 15.8. The minimum Gasteiger partial charge on any atom is -0.390 e. The normalized spacial score (nSPS) is 15.0. The molecule has 3 aromatic rings. The molecule has 150 valence electrons. The molecule has 1 aliphatic rings. The van der Waals surface area contributed by atoms with Crippen LogP contribution in [0, 0.1) is 0 Å². The third kappa shape index (κ3) is 4.96. The lowest BCUT2D eigenvalue weighted by Crippen LogP contribution is -2.39. The highest BCUT2D eigenvalue weighted by Gasteiger charge is 2.18. The number of hydrogen-bond donors (Lipinski definition) is 2. The molecule has 0 aliphatic carbocycles. The molecule has 0 saturated heterocycles. The van der Waals surface area contributed by atoms with Crippen LogP contribution in [-0.2, 0) is 19.4 Å². The molecule has 3 heterocycles. The summed E-state index contributed by atoms with van der Waals surface area (Å²) in [5.74, 6) is 1.33. The predicted molar refractivity (Wildman–Crippen MR) is 115 cm³/mol. The molecule has 0 saturated carbocycles. The van der Waals surface area contributed by atoms with Crippen LogP contribution in [0.3, 0.4) is 0 Å². The summed E-state index contributed by atoms with van der Waals surface area (Å²) in [6.07, 6.45) is 3.12. The van der Waals surface area contributed by atoms with Crippen molar-refractivity contribution in [2.24, 2.45) is 0 Å². The maximum atomic E-state index is 10.6. The SMILES string of the molecule is CCc1cc(NCC(O)CN2CCc3ccccc3C2)nc(-c2ccccn2)n1. The minimum atomic E-state index is -0.474. The molecule has 0 amide bonds. The van der Waals surface area contributed by atoms with Gasteiger partial charge in [-0.05, 0) is 36.1 Å². The van der Waals surface area contributed by atoms with Crippen LogP contribution in [-0.4, -0.2) is 50.7 Å². The first-order valence-corrected chi connectivity index (χ1v) is 10.2. The molecule has 0 radical (unpaired) electrons. The third-order valence-corrected chi connectivity index (χ3v) is 5.23. The van der Waals surface area contributed by atoms with Crippen molar-refractivity contribution in [3.05, 3.63) is 71.5 Å². The van der Waals surface area contributed by atoms with E-state index < -0.39 is 6.10 Å². The Hall–Kier alpha value is -2.83. The van der Waals surface area contributed by atoms with Gasteiger partial charge in [0.25, 0.3) is 0 Å². The van der Waals surface area contributed by atoms with Crippen molar-refractivity contribution in [2.75, 3.05) is 25.0 Å². The number of pyridine rings is 1. The number of anilines is 1. The summed E-state index contributed by atoms with van der Waals surface area (Å²) in [7, 11) is 0. The molecule has 2 N–H and O–H groups in total. The van der Waals surface area contributed by atoms with E-state index in [1.165, 1.54) is 11.1 Å². The van der Waals surface area contributed by atoms with Crippen LogP contribution < -0.4 is 5.32 Å². The highest BCUT2D eigenvalue weighted by molar-refractivity contribution is 5.52. The van der Waals surface area contributed by atoms with Gasteiger partial charge in [-0.2, -0.15) is 0 Å². The zero-order chi connectivity index (χ0) is 20.1. The number of fused-ring (bicyclic) bond motifs is 1. The van der Waals surface area contributed by atoms with Gasteiger partial charge in [-0.15, -0.1) is 0 Å². The van der Waals surface area contributed by atoms with E-state index in [1.807, 2.05) is 24.3 Å². The van der Waals surface area contributed by atoms with E-state index in [0.717, 1.165) is 43.1 Å². The van der Waals surface area contributed by atoms with Gasteiger partial charge in [-0.3, -0.25) is 9.88 Å². The minimum absolute atomic E-state index is 0.444. The Balaban J connectivity index is 1.37. The second-order valence-electron chi connectivity index (χ2n) is 7.43. The van der Waals surface area contributed by atoms with Crippen molar-refractivity contribution in [3.63, 3.8) is 0 Å². The monoisotopic (exact) mass is 389 g/mol. The lowest BCUT2D eigenvalue weighted by molar-refractivity contribution is 0.114. The Morgan fingerprint density at radius 3 is 2.72 bits per heavy atom. The molecule has 1 aliphatic heterocycles. The average Bonchev–Trinajstić information content (AvgIpc) is 2.78. The maximum absolute atomic E-state index is 10.6. The zero-order valence-corrected chi connectivity index (χ0v) is 16.8. The van der Waals surface area contributed by atoms with Crippen LogP contribution >= 0.6 is 0 Å². The summed E-state index contributed by atoms with van der Waals surface area (Å²) in [5, 5.41) is 13.8. The molecule has 4 rings (SSSR count). The van der Waals surface area contributed by atoms with Crippen LogP contribution in [0.2, 0.25) is 0 Å². The van der Waals surface area contributed by atoms with E-state index in [-0.39, 0.29) is 0 Å². The topological polar surface area (TPSA) is 74.2 Å². The van der Waals surface area contributed by atoms with Crippen molar-refractivity contribution in [1.82, 2.24) is 19.9 Å². The molecule has 6 nitrogen and oxygen atoms in total. The number of nitrogens with one attached hydrogen (secondary N) is 1. The fraction of sp³-hybridized carbons (Fsp3) is 0.348. The second-order valence-corrected chi connectivity index (χ2v) is 7.43. The molecule has 2 aromatic heterocycles. The molecule has 29 heavy (non-hydrogen) atoms. The lowest BCUT2D eigenvalue weighted by atomic mass is 10.00. The predicted octanol–water partition coefficient (Wildman–Crippen LogP) is 2.93. The van der Waals surface area contributed by atoms with Crippen LogP contribution in [0.1, 0.15) is 23.7 Å². The van der Waals surface area contributed by atoms with E-state index in [2.05, 4.69) is 56.4 Å². The summed E-state index contributed by atoms with van der Waals surface area (Å²) >= 11 is 0. The van der Waals surface area contributed by atoms with Crippen molar-refractivity contribution in [3.8, 4) is 11.5 Å². The van der Waals surface area contributed by atoms with E-state index in [0.29, 0.717) is 18.9 Å². The first kappa shape index (κ1) is 19.5. The van der Waals surface area contributed by atoms with Gasteiger partial charge in [0.05, 0.1) is 6.10 Å². The number of rotatable bonds is 7. The van der Waals surface area contributed by atoms with E-state index in [4.69, 9.17) is 0 Å². The number of aliphatic hydroxyl groups is 1. The van der Waals surface area contributed by atoms with E-state index >= 15 is 0 Å². The van der Waals surface area contributed by atoms with Gasteiger partial charge in [-0.25, -0.2) is 9.97 Å². The van der Waals surface area contributed by atoms with Crippen molar-refractivity contribution in [1.29, 1.82) is 0 Å². The number of β-amino-alcohol motifs (C(OH)–C–C–N with tert-alkyl or cyclic N) is 1. The number of nitrogens with zero attached hydrogens (tertiary/aromatic N) is 4. The molecule has 1 atom stereocenters. The number of aromatic nitrogens is 3. The Morgan fingerprint density at radius 2 is 1.93 bits per heavy atom. The first-order valence-electron chi connectivity index (χ1n) is 10.2. The first-order chi connectivity index (χ1) is 14.2. The maximum Gasteiger partial charge on any atom is 0.180 e. The molecule has 1 unspecified atom stereocenters. The highest BCUT2D eigenvalue weighted by Crippen LogP contribution is 2.19. The standard InChI is InChI=1S/C23H27N5O/c1-2-19-13-22(27-23(26-19)21-9-5-6-11-24-21)25-14-20(29)16-28-12-10-17-7-3-4-8-18(17)15-28/h3-9,11,13,20,29H,2,10,12,14-16H2,1H3,(H,25,26,27). The fourth-order valence-corrected chi connectivity index (χ4v) is 3.67. The summed E-state index contributed by atoms with van der Waals surface area (Å²) in [6, 6.07) is 16.2. The van der Waals surface area contributed by atoms with Crippen LogP contribution in [0.25, 0.3) is 11.5 Å². The zero-order valence-electron chi connectivity index (χ0n) is 16.8. The molecule has 6 heteroatoms. The van der Waals surface area contributed by atoms with Crippen LogP contribution in [0.4, 0.5) is 5.82 Å². The number of aliphatic hydroxyl groups excluding tert-OH is 1. The summed E-state index contributed by atoms with van der Waals surface area (Å²) in [5.41, 5.74) is 4.48. The van der Waals surface area contributed by atoms with Gasteiger partial charge in [-0.1, -0.05) is 37.3 Å². The smallest absolute Gasteiger partial charge is 0.180 e. The van der Waals surface area contributed by atoms with Crippen molar-refractivity contribution >= 4 is 5.82 Å². The van der Waals surface area contributed by atoms with Crippen molar-refractivity contribution in [2.45, 2.75) is 32.4 Å². The fourth-order valence-electron chi connectivity index (χ4n) is 3.67. The second kappa shape index (κ2) is 9.11. The number of aryl methyl sites for hydroxylation is 1. The Labute approximate surface area is 171 Å². The molecule has 0 bridgehead atoms. The molecular formula is C23H27N5O. The van der Waals surface area contributed by atoms with Gasteiger partial charge in [0.15, 0.2) is 5.82 Å².